The van der Waals surface area contributed by atoms with E-state index >= 15 is 0 Å². The Morgan fingerprint density at radius 3 is 2.67 bits per heavy atom. The van der Waals surface area contributed by atoms with Crippen molar-refractivity contribution < 1.29 is 4.79 Å². The Hall–Kier alpha value is -1.00. The molecule has 3 rings (SSSR count). The number of thioether (sulfide) groups is 1. The van der Waals surface area contributed by atoms with E-state index in [1.54, 1.807) is 11.8 Å². The Bertz CT molecular complexity index is 536. The minimum atomic E-state index is 0.0951. The predicted octanol–water partition coefficient (Wildman–Crippen LogP) is 2.56. The maximum Gasteiger partial charge on any atom is 0.236 e. The Morgan fingerprint density at radius 1 is 1.29 bits per heavy atom. The molecule has 0 saturated carbocycles. The number of likely N-dealkylation sites (tertiary alicyclic amines) is 1. The molecule has 114 valence electrons. The molecule has 21 heavy (non-hydrogen) atoms. The van der Waals surface area contributed by atoms with Crippen molar-refractivity contribution in [3.63, 3.8) is 0 Å². The van der Waals surface area contributed by atoms with E-state index in [1.807, 2.05) is 0 Å². The molecule has 1 atom stereocenters. The van der Waals surface area contributed by atoms with Gasteiger partial charge < -0.3 is 9.80 Å². The Labute approximate surface area is 131 Å². The second-order valence-electron chi connectivity index (χ2n) is 6.44. The summed E-state index contributed by atoms with van der Waals surface area (Å²) in [5.41, 5.74) is 2.62. The smallest absolute Gasteiger partial charge is 0.236 e. The maximum absolute atomic E-state index is 12.7. The van der Waals surface area contributed by atoms with Crippen molar-refractivity contribution in [2.24, 2.45) is 0 Å². The van der Waals surface area contributed by atoms with Crippen LogP contribution in [0.2, 0.25) is 0 Å². The molecule has 1 amide bonds. The SMILES string of the molecule is Cc1ccc2c(c1)S[C@H](C(=O)N1CCC(N(C)C)CC1)C2. The molecule has 0 unspecified atom stereocenters. The minimum Gasteiger partial charge on any atom is -0.342 e. The molecule has 1 fully saturated rings. The largest absolute Gasteiger partial charge is 0.342 e. The standard InChI is InChI=1S/C17H24N2OS/c1-12-4-5-13-11-16(21-15(13)10-12)17(20)19-8-6-14(7-9-19)18(2)3/h4-5,10,14,16H,6-9,11H2,1-3H3/t16-/m0/s1. The van der Waals surface area contributed by atoms with Gasteiger partial charge in [0.1, 0.15) is 0 Å². The van der Waals surface area contributed by atoms with Crippen molar-refractivity contribution in [2.75, 3.05) is 27.2 Å². The highest BCUT2D eigenvalue weighted by Crippen LogP contribution is 2.38. The van der Waals surface area contributed by atoms with E-state index in [9.17, 15) is 4.79 Å². The number of amides is 1. The molecular formula is C17H24N2OS. The second-order valence-corrected chi connectivity index (χ2v) is 7.69. The van der Waals surface area contributed by atoms with Crippen molar-refractivity contribution in [1.82, 2.24) is 9.80 Å². The van der Waals surface area contributed by atoms with Crippen LogP contribution in [0.4, 0.5) is 0 Å². The Balaban J connectivity index is 1.61. The van der Waals surface area contributed by atoms with Gasteiger partial charge in [0.2, 0.25) is 5.91 Å². The number of carbonyl (C=O) groups excluding carboxylic acids is 1. The van der Waals surface area contributed by atoms with Crippen molar-refractivity contribution in [1.29, 1.82) is 0 Å². The zero-order valence-electron chi connectivity index (χ0n) is 13.1. The lowest BCUT2D eigenvalue weighted by molar-refractivity contribution is -0.132. The number of carbonyl (C=O) groups is 1. The average molecular weight is 304 g/mol. The molecule has 3 nitrogen and oxygen atoms in total. The fraction of sp³-hybridized carbons (Fsp3) is 0.588. The Morgan fingerprint density at radius 2 is 2.00 bits per heavy atom. The zero-order chi connectivity index (χ0) is 15.0. The van der Waals surface area contributed by atoms with Crippen LogP contribution < -0.4 is 0 Å². The van der Waals surface area contributed by atoms with E-state index in [2.05, 4.69) is 49.0 Å². The van der Waals surface area contributed by atoms with Gasteiger partial charge in [-0.3, -0.25) is 4.79 Å². The molecule has 0 aliphatic carbocycles. The minimum absolute atomic E-state index is 0.0951. The number of aryl methyl sites for hydroxylation is 1. The Kier molecular flexibility index (Phi) is 4.27. The van der Waals surface area contributed by atoms with Gasteiger partial charge in [-0.25, -0.2) is 0 Å². The summed E-state index contributed by atoms with van der Waals surface area (Å²) in [5, 5.41) is 0.0951. The van der Waals surface area contributed by atoms with E-state index in [-0.39, 0.29) is 5.25 Å². The zero-order valence-corrected chi connectivity index (χ0v) is 13.9. The highest BCUT2D eigenvalue weighted by Gasteiger charge is 2.33. The van der Waals surface area contributed by atoms with Gasteiger partial charge in [-0.1, -0.05) is 17.7 Å². The molecular weight excluding hydrogens is 280 g/mol. The summed E-state index contributed by atoms with van der Waals surface area (Å²) in [4.78, 5) is 18.4. The highest BCUT2D eigenvalue weighted by molar-refractivity contribution is 8.01. The van der Waals surface area contributed by atoms with Crippen LogP contribution in [0.25, 0.3) is 0 Å². The lowest BCUT2D eigenvalue weighted by Gasteiger charge is -2.36. The van der Waals surface area contributed by atoms with Crippen molar-refractivity contribution in [3.05, 3.63) is 29.3 Å². The van der Waals surface area contributed by atoms with Crippen LogP contribution >= 0.6 is 11.8 Å². The topological polar surface area (TPSA) is 23.6 Å². The molecule has 1 saturated heterocycles. The molecule has 1 aromatic carbocycles. The molecule has 2 aliphatic heterocycles. The summed E-state index contributed by atoms with van der Waals surface area (Å²) in [6.07, 6.45) is 3.09. The van der Waals surface area contributed by atoms with Crippen molar-refractivity contribution >= 4 is 17.7 Å². The van der Waals surface area contributed by atoms with Crippen LogP contribution in [-0.2, 0) is 11.2 Å². The molecule has 2 heterocycles. The van der Waals surface area contributed by atoms with Gasteiger partial charge in [-0.05, 0) is 51.9 Å². The number of fused-ring (bicyclic) bond motifs is 1. The van der Waals surface area contributed by atoms with Gasteiger partial charge in [0.15, 0.2) is 0 Å². The number of hydrogen-bond donors (Lipinski definition) is 0. The van der Waals surface area contributed by atoms with Crippen LogP contribution in [0.5, 0.6) is 0 Å². The first-order valence-corrected chi connectivity index (χ1v) is 8.64. The maximum atomic E-state index is 12.7. The van der Waals surface area contributed by atoms with E-state index in [1.165, 1.54) is 16.0 Å². The van der Waals surface area contributed by atoms with Crippen LogP contribution in [0.15, 0.2) is 23.1 Å². The predicted molar refractivity (Wildman–Crippen MR) is 87.8 cm³/mol. The molecule has 2 aliphatic rings. The van der Waals surface area contributed by atoms with Gasteiger partial charge >= 0.3 is 0 Å². The number of hydrogen-bond acceptors (Lipinski definition) is 3. The molecule has 0 radical (unpaired) electrons. The van der Waals surface area contributed by atoms with Crippen molar-refractivity contribution in [2.45, 2.75) is 42.4 Å². The van der Waals surface area contributed by atoms with E-state index < -0.39 is 0 Å². The highest BCUT2D eigenvalue weighted by atomic mass is 32.2. The fourth-order valence-corrected chi connectivity index (χ4v) is 4.65. The van der Waals surface area contributed by atoms with E-state index in [4.69, 9.17) is 0 Å². The summed E-state index contributed by atoms with van der Waals surface area (Å²) in [6, 6.07) is 7.17. The third-order valence-corrected chi connectivity index (χ3v) is 5.97. The summed E-state index contributed by atoms with van der Waals surface area (Å²) >= 11 is 1.76. The van der Waals surface area contributed by atoms with E-state index in [0.717, 1.165) is 32.4 Å². The van der Waals surface area contributed by atoms with Gasteiger partial charge in [-0.15, -0.1) is 11.8 Å². The van der Waals surface area contributed by atoms with Crippen LogP contribution in [0.3, 0.4) is 0 Å². The molecule has 4 heteroatoms. The number of benzene rings is 1. The number of nitrogens with zero attached hydrogens (tertiary/aromatic N) is 2. The first-order chi connectivity index (χ1) is 10.0. The fourth-order valence-electron chi connectivity index (χ4n) is 3.28. The van der Waals surface area contributed by atoms with Crippen LogP contribution in [0.1, 0.15) is 24.0 Å². The van der Waals surface area contributed by atoms with Crippen LogP contribution in [-0.4, -0.2) is 54.2 Å². The lowest BCUT2D eigenvalue weighted by atomic mass is 10.0. The first-order valence-electron chi connectivity index (χ1n) is 7.76. The third kappa shape index (κ3) is 3.11. The molecule has 0 spiro atoms. The monoisotopic (exact) mass is 304 g/mol. The van der Waals surface area contributed by atoms with Crippen molar-refractivity contribution in [3.8, 4) is 0 Å². The molecule has 0 aromatic heterocycles. The first kappa shape index (κ1) is 14.9. The summed E-state index contributed by atoms with van der Waals surface area (Å²) in [5.74, 6) is 0.339. The van der Waals surface area contributed by atoms with Gasteiger partial charge in [0.25, 0.3) is 0 Å². The summed E-state index contributed by atoms with van der Waals surface area (Å²) in [7, 11) is 4.27. The van der Waals surface area contributed by atoms with Gasteiger partial charge in [0.05, 0.1) is 5.25 Å². The van der Waals surface area contributed by atoms with Gasteiger partial charge in [0, 0.05) is 24.0 Å². The number of rotatable bonds is 2. The summed E-state index contributed by atoms with van der Waals surface area (Å²) in [6.45, 7) is 3.93. The summed E-state index contributed by atoms with van der Waals surface area (Å²) < 4.78 is 0. The van der Waals surface area contributed by atoms with Crippen LogP contribution in [0, 0.1) is 6.92 Å². The van der Waals surface area contributed by atoms with E-state index in [0.29, 0.717) is 11.9 Å². The third-order valence-electron chi connectivity index (χ3n) is 4.68. The molecule has 1 aromatic rings. The lowest BCUT2D eigenvalue weighted by Crippen LogP contribution is -2.47. The average Bonchev–Trinajstić information content (AvgIpc) is 2.89. The van der Waals surface area contributed by atoms with Gasteiger partial charge in [-0.2, -0.15) is 0 Å². The quantitative estimate of drug-likeness (QED) is 0.839. The second kappa shape index (κ2) is 6.01. The number of piperidine rings is 1. The normalized spacial score (nSPS) is 22.7. The molecule has 0 N–H and O–H groups in total. The molecule has 0 bridgehead atoms.